The van der Waals surface area contributed by atoms with Crippen molar-refractivity contribution in [1.29, 1.82) is 0 Å². The first-order valence-electron chi connectivity index (χ1n) is 11.5. The Hall–Kier alpha value is -2.99. The highest BCUT2D eigenvalue weighted by Crippen LogP contribution is 2.32. The fourth-order valence-corrected chi connectivity index (χ4v) is 5.48. The van der Waals surface area contributed by atoms with E-state index in [0.29, 0.717) is 23.4 Å². The second kappa shape index (κ2) is 9.81. The predicted molar refractivity (Wildman–Crippen MR) is 126 cm³/mol. The standard InChI is InChI=1S/C24H26F4N4O3S/c1-13-10-20-17(11-18(13)25)21(23(33)30-15-6-4-3-5-7-15)22(31-20)19-9-8-16(12-29-19)36(34,35)32-14(2)24(26,27)28/h8-12,14-15,31-32H,3-7H2,1-2H3,(H,30,33)/t14-/m1/s1. The molecule has 0 saturated heterocycles. The zero-order chi connectivity index (χ0) is 26.3. The zero-order valence-corrected chi connectivity index (χ0v) is 20.5. The third kappa shape index (κ3) is 5.39. The van der Waals surface area contributed by atoms with Crippen LogP contribution in [0.2, 0.25) is 0 Å². The number of nitrogens with zero attached hydrogens (tertiary/aromatic N) is 1. The van der Waals surface area contributed by atoms with E-state index in [1.54, 1.807) is 17.7 Å². The van der Waals surface area contributed by atoms with Crippen LogP contribution in [-0.2, 0) is 10.0 Å². The third-order valence-electron chi connectivity index (χ3n) is 6.37. The number of nitrogens with one attached hydrogen (secondary N) is 3. The zero-order valence-electron chi connectivity index (χ0n) is 19.7. The summed E-state index contributed by atoms with van der Waals surface area (Å²) in [5.41, 5.74) is 1.47. The molecule has 3 N–H and O–H groups in total. The normalized spacial score (nSPS) is 16.3. The molecule has 2 heterocycles. The van der Waals surface area contributed by atoms with Gasteiger partial charge in [-0.25, -0.2) is 12.8 Å². The maximum absolute atomic E-state index is 14.4. The lowest BCUT2D eigenvalue weighted by Gasteiger charge is -2.23. The average Bonchev–Trinajstić information content (AvgIpc) is 3.17. The predicted octanol–water partition coefficient (Wildman–Crippen LogP) is 4.97. The molecule has 7 nitrogen and oxygen atoms in total. The van der Waals surface area contributed by atoms with E-state index in [0.717, 1.165) is 44.4 Å². The number of sulfonamides is 1. The summed E-state index contributed by atoms with van der Waals surface area (Å²) in [6, 6.07) is 2.92. The minimum absolute atomic E-state index is 0.0125. The summed E-state index contributed by atoms with van der Waals surface area (Å²) in [6.45, 7) is 2.28. The summed E-state index contributed by atoms with van der Waals surface area (Å²) >= 11 is 0. The number of halogens is 4. The second-order valence-corrected chi connectivity index (χ2v) is 10.8. The number of aromatic amines is 1. The molecule has 1 aliphatic carbocycles. The molecule has 0 aliphatic heterocycles. The molecule has 1 aromatic carbocycles. The number of benzene rings is 1. The number of aromatic nitrogens is 2. The third-order valence-corrected chi connectivity index (χ3v) is 7.90. The first-order valence-corrected chi connectivity index (χ1v) is 13.0. The van der Waals surface area contributed by atoms with Gasteiger partial charge in [-0.3, -0.25) is 9.78 Å². The van der Waals surface area contributed by atoms with Crippen LogP contribution in [0.1, 0.15) is 54.9 Å². The summed E-state index contributed by atoms with van der Waals surface area (Å²) in [5.74, 6) is -0.899. The number of hydrogen-bond acceptors (Lipinski definition) is 4. The molecule has 3 aromatic rings. The summed E-state index contributed by atoms with van der Waals surface area (Å²) in [5, 5.41) is 3.36. The van der Waals surface area contributed by atoms with Crippen LogP contribution in [0.5, 0.6) is 0 Å². The first kappa shape index (κ1) is 26.1. The van der Waals surface area contributed by atoms with Crippen molar-refractivity contribution in [2.45, 2.75) is 69.1 Å². The number of H-pyrrole nitrogens is 1. The van der Waals surface area contributed by atoms with Crippen molar-refractivity contribution in [1.82, 2.24) is 20.0 Å². The quantitative estimate of drug-likeness (QED) is 0.395. The molecule has 12 heteroatoms. The van der Waals surface area contributed by atoms with Gasteiger partial charge in [-0.2, -0.15) is 17.9 Å². The summed E-state index contributed by atoms with van der Waals surface area (Å²) in [4.78, 5) is 20.0. The summed E-state index contributed by atoms with van der Waals surface area (Å²) in [7, 11) is -4.49. The fraction of sp³-hybridized carbons (Fsp3) is 0.417. The van der Waals surface area contributed by atoms with E-state index in [1.165, 1.54) is 12.1 Å². The molecule has 2 aromatic heterocycles. The topological polar surface area (TPSA) is 104 Å². The molecule has 194 valence electrons. The maximum atomic E-state index is 14.4. The number of aryl methyl sites for hydroxylation is 1. The highest BCUT2D eigenvalue weighted by molar-refractivity contribution is 7.89. The minimum Gasteiger partial charge on any atom is -0.353 e. The molecule has 1 fully saturated rings. The Morgan fingerprint density at radius 3 is 2.47 bits per heavy atom. The number of alkyl halides is 3. The second-order valence-electron chi connectivity index (χ2n) is 9.09. The van der Waals surface area contributed by atoms with E-state index >= 15 is 0 Å². The van der Waals surface area contributed by atoms with Gasteiger partial charge >= 0.3 is 6.18 Å². The minimum atomic E-state index is -4.75. The number of hydrogen-bond donors (Lipinski definition) is 3. The van der Waals surface area contributed by atoms with Gasteiger partial charge in [0.15, 0.2) is 0 Å². The molecular weight excluding hydrogens is 500 g/mol. The Morgan fingerprint density at radius 1 is 1.17 bits per heavy atom. The number of rotatable bonds is 6. The van der Waals surface area contributed by atoms with Crippen LogP contribution in [-0.4, -0.2) is 42.6 Å². The molecule has 0 unspecified atom stereocenters. The lowest BCUT2D eigenvalue weighted by Crippen LogP contribution is -2.42. The number of amides is 1. The first-order chi connectivity index (χ1) is 16.9. The Labute approximate surface area is 205 Å². The molecular formula is C24H26F4N4O3S. The molecule has 0 spiro atoms. The van der Waals surface area contributed by atoms with Gasteiger partial charge in [0.25, 0.3) is 5.91 Å². The number of carbonyl (C=O) groups excluding carboxylic acids is 1. The maximum Gasteiger partial charge on any atom is 0.404 e. The molecule has 0 bridgehead atoms. The Kier molecular flexibility index (Phi) is 7.11. The van der Waals surface area contributed by atoms with E-state index in [1.807, 2.05) is 0 Å². The van der Waals surface area contributed by atoms with E-state index in [4.69, 9.17) is 0 Å². The van der Waals surface area contributed by atoms with E-state index in [9.17, 15) is 30.8 Å². The lowest BCUT2D eigenvalue weighted by molar-refractivity contribution is -0.147. The largest absolute Gasteiger partial charge is 0.404 e. The van der Waals surface area contributed by atoms with E-state index in [-0.39, 0.29) is 23.0 Å². The van der Waals surface area contributed by atoms with E-state index < -0.39 is 38.9 Å². The molecule has 0 radical (unpaired) electrons. The smallest absolute Gasteiger partial charge is 0.353 e. The Balaban J connectivity index is 1.72. The van der Waals surface area contributed by atoms with Crippen molar-refractivity contribution in [2.24, 2.45) is 0 Å². The van der Waals surface area contributed by atoms with Crippen LogP contribution in [0, 0.1) is 12.7 Å². The lowest BCUT2D eigenvalue weighted by atomic mass is 9.95. The number of pyridine rings is 1. The van der Waals surface area contributed by atoms with Gasteiger partial charge in [0.2, 0.25) is 10.0 Å². The van der Waals surface area contributed by atoms with Crippen LogP contribution >= 0.6 is 0 Å². The number of carbonyl (C=O) groups is 1. The van der Waals surface area contributed by atoms with Gasteiger partial charge in [0.1, 0.15) is 16.8 Å². The van der Waals surface area contributed by atoms with Gasteiger partial charge in [0, 0.05) is 23.1 Å². The summed E-state index contributed by atoms with van der Waals surface area (Å²) in [6.07, 6.45) is 0.941. The molecule has 1 amide bonds. The van der Waals surface area contributed by atoms with Crippen molar-refractivity contribution < 1.29 is 30.8 Å². The van der Waals surface area contributed by atoms with Gasteiger partial charge < -0.3 is 10.3 Å². The molecule has 1 saturated carbocycles. The van der Waals surface area contributed by atoms with Gasteiger partial charge in [-0.15, -0.1) is 0 Å². The van der Waals surface area contributed by atoms with Crippen LogP contribution in [0.25, 0.3) is 22.3 Å². The van der Waals surface area contributed by atoms with Gasteiger partial charge in [-0.05, 0) is 56.5 Å². The SMILES string of the molecule is Cc1cc2[nH]c(-c3ccc(S(=O)(=O)N[C@H](C)C(F)(F)F)cn3)c(C(=O)NC3CCCCC3)c2cc1F. The van der Waals surface area contributed by atoms with Crippen molar-refractivity contribution in [3.8, 4) is 11.4 Å². The van der Waals surface area contributed by atoms with E-state index in [2.05, 4.69) is 15.3 Å². The van der Waals surface area contributed by atoms with Crippen LogP contribution in [0.4, 0.5) is 17.6 Å². The highest BCUT2D eigenvalue weighted by Gasteiger charge is 2.39. The Bertz CT molecular complexity index is 1380. The molecule has 1 atom stereocenters. The van der Waals surface area contributed by atoms with Crippen molar-refractivity contribution in [2.75, 3.05) is 0 Å². The molecule has 1 aliphatic rings. The highest BCUT2D eigenvalue weighted by atomic mass is 32.2. The molecule has 36 heavy (non-hydrogen) atoms. The average molecular weight is 527 g/mol. The van der Waals surface area contributed by atoms with Crippen molar-refractivity contribution >= 4 is 26.8 Å². The van der Waals surface area contributed by atoms with Crippen LogP contribution in [0.3, 0.4) is 0 Å². The van der Waals surface area contributed by atoms with Crippen LogP contribution in [0.15, 0.2) is 35.4 Å². The monoisotopic (exact) mass is 526 g/mol. The Morgan fingerprint density at radius 2 is 1.86 bits per heavy atom. The van der Waals surface area contributed by atoms with Crippen molar-refractivity contribution in [3.63, 3.8) is 0 Å². The number of fused-ring (bicyclic) bond motifs is 1. The van der Waals surface area contributed by atoms with Crippen molar-refractivity contribution in [3.05, 3.63) is 47.4 Å². The van der Waals surface area contributed by atoms with Crippen LogP contribution < -0.4 is 10.0 Å². The summed E-state index contributed by atoms with van der Waals surface area (Å²) < 4.78 is 79.2. The fourth-order valence-electron chi connectivity index (χ4n) is 4.31. The van der Waals surface area contributed by atoms with Gasteiger partial charge in [0.05, 0.1) is 17.0 Å². The van der Waals surface area contributed by atoms with Gasteiger partial charge in [-0.1, -0.05) is 19.3 Å². The molecule has 4 rings (SSSR count).